The molecule has 0 aromatic heterocycles. The lowest BCUT2D eigenvalue weighted by Gasteiger charge is -2.37. The van der Waals surface area contributed by atoms with Crippen molar-refractivity contribution in [2.45, 2.75) is 40.2 Å². The number of nitrogens with zero attached hydrogens (tertiary/aromatic N) is 3. The Labute approximate surface area is 101 Å². The number of carbonyl (C=O) groups is 2. The van der Waals surface area contributed by atoms with Crippen LogP contribution in [0.2, 0.25) is 0 Å². The number of hydrazone groups is 1. The third-order valence-corrected chi connectivity index (χ3v) is 2.83. The molecule has 0 aromatic rings. The molecule has 1 rings (SSSR count). The summed E-state index contributed by atoms with van der Waals surface area (Å²) in [6.07, 6.45) is 0. The van der Waals surface area contributed by atoms with E-state index in [1.165, 1.54) is 0 Å². The molecule has 0 spiro atoms. The van der Waals surface area contributed by atoms with Gasteiger partial charge >= 0.3 is 12.1 Å². The molecule has 1 unspecified atom stereocenters. The molecule has 96 valence electrons. The molecule has 0 saturated heterocycles. The molecular weight excluding hydrogens is 222 g/mol. The van der Waals surface area contributed by atoms with E-state index in [1.54, 1.807) is 0 Å². The van der Waals surface area contributed by atoms with E-state index < -0.39 is 22.2 Å². The predicted octanol–water partition coefficient (Wildman–Crippen LogP) is 0.959. The molecule has 1 atom stereocenters. The summed E-state index contributed by atoms with van der Waals surface area (Å²) in [6.45, 7) is 9.16. The summed E-state index contributed by atoms with van der Waals surface area (Å²) in [5.41, 5.74) is 4.50. The minimum atomic E-state index is -0.914. The van der Waals surface area contributed by atoms with E-state index in [9.17, 15) is 9.59 Å². The second-order valence-corrected chi connectivity index (χ2v) is 5.44. The first kappa shape index (κ1) is 13.6. The summed E-state index contributed by atoms with van der Waals surface area (Å²) in [4.78, 5) is 23.3. The van der Waals surface area contributed by atoms with Crippen LogP contribution in [0.3, 0.4) is 0 Å². The number of hydrogen-bond acceptors (Lipinski definition) is 4. The topological polar surface area (TPSA) is 102 Å². The minimum Gasteiger partial charge on any atom is -0.349 e. The van der Waals surface area contributed by atoms with E-state index >= 15 is 0 Å². The van der Waals surface area contributed by atoms with Crippen molar-refractivity contribution in [3.05, 3.63) is 0 Å². The van der Waals surface area contributed by atoms with Crippen molar-refractivity contribution in [1.29, 1.82) is 0 Å². The number of primary amides is 1. The SMILES string of the molecule is CC(C)C1=NN(C(N)=O)C(=O)[N+]1(N)C(C)(C)C. The highest BCUT2D eigenvalue weighted by Crippen LogP contribution is 2.30. The Kier molecular flexibility index (Phi) is 3.02. The molecular formula is C10H20N5O2+. The van der Waals surface area contributed by atoms with Crippen molar-refractivity contribution in [3.8, 4) is 0 Å². The van der Waals surface area contributed by atoms with Gasteiger partial charge in [0.15, 0.2) is 0 Å². The molecule has 0 aromatic carbocycles. The maximum Gasteiger partial charge on any atom is 0.474 e. The zero-order chi connectivity index (χ0) is 13.6. The zero-order valence-corrected chi connectivity index (χ0v) is 10.9. The fourth-order valence-corrected chi connectivity index (χ4v) is 1.76. The second-order valence-electron chi connectivity index (χ2n) is 5.44. The first-order valence-corrected chi connectivity index (χ1v) is 5.44. The van der Waals surface area contributed by atoms with E-state index in [0.717, 1.165) is 0 Å². The molecule has 0 saturated carbocycles. The van der Waals surface area contributed by atoms with E-state index in [4.69, 9.17) is 11.6 Å². The van der Waals surface area contributed by atoms with Crippen LogP contribution in [0.4, 0.5) is 9.59 Å². The van der Waals surface area contributed by atoms with Gasteiger partial charge in [-0.2, -0.15) is 5.84 Å². The van der Waals surface area contributed by atoms with Gasteiger partial charge in [-0.1, -0.05) is 18.9 Å². The molecule has 0 aliphatic carbocycles. The molecule has 7 heteroatoms. The van der Waals surface area contributed by atoms with Crippen molar-refractivity contribution in [1.82, 2.24) is 5.01 Å². The summed E-state index contributed by atoms with van der Waals surface area (Å²) in [5, 5.41) is 4.60. The number of quaternary nitrogens is 1. The summed E-state index contributed by atoms with van der Waals surface area (Å²) < 4.78 is -0.520. The van der Waals surface area contributed by atoms with E-state index in [2.05, 4.69) is 5.10 Å². The molecule has 1 aliphatic heterocycles. The summed E-state index contributed by atoms with van der Waals surface area (Å²) in [7, 11) is 0. The number of amidine groups is 1. The van der Waals surface area contributed by atoms with Crippen molar-refractivity contribution in [2.24, 2.45) is 22.6 Å². The molecule has 0 radical (unpaired) electrons. The van der Waals surface area contributed by atoms with Gasteiger partial charge in [-0.05, 0) is 20.8 Å². The molecule has 4 N–H and O–H groups in total. The largest absolute Gasteiger partial charge is 0.474 e. The number of hydrogen-bond donors (Lipinski definition) is 2. The zero-order valence-electron chi connectivity index (χ0n) is 10.9. The van der Waals surface area contributed by atoms with Crippen molar-refractivity contribution in [2.75, 3.05) is 0 Å². The number of rotatable bonds is 1. The van der Waals surface area contributed by atoms with E-state index in [1.807, 2.05) is 34.6 Å². The Morgan fingerprint density at radius 3 is 2.12 bits per heavy atom. The highest BCUT2D eigenvalue weighted by Gasteiger charge is 2.59. The van der Waals surface area contributed by atoms with Crippen LogP contribution in [0.15, 0.2) is 5.10 Å². The number of imide groups is 1. The monoisotopic (exact) mass is 242 g/mol. The molecule has 7 nitrogen and oxygen atoms in total. The van der Waals surface area contributed by atoms with Gasteiger partial charge in [0.25, 0.3) is 5.84 Å². The molecule has 17 heavy (non-hydrogen) atoms. The lowest BCUT2D eigenvalue weighted by Crippen LogP contribution is -2.71. The summed E-state index contributed by atoms with van der Waals surface area (Å²) >= 11 is 0. The Balaban J connectivity index is 3.37. The van der Waals surface area contributed by atoms with Gasteiger partial charge in [-0.25, -0.2) is 9.59 Å². The number of carbonyl (C=O) groups excluding carboxylic acids is 2. The first-order chi connectivity index (χ1) is 7.53. The van der Waals surface area contributed by atoms with Crippen molar-refractivity contribution in [3.63, 3.8) is 0 Å². The van der Waals surface area contributed by atoms with Crippen molar-refractivity contribution >= 4 is 17.9 Å². The van der Waals surface area contributed by atoms with Gasteiger partial charge in [-0.15, -0.1) is 9.69 Å². The number of amides is 4. The minimum absolute atomic E-state index is 0.0625. The lowest BCUT2D eigenvalue weighted by atomic mass is 10.0. The van der Waals surface area contributed by atoms with Crippen LogP contribution in [0, 0.1) is 5.92 Å². The van der Waals surface area contributed by atoms with E-state index in [0.29, 0.717) is 10.8 Å². The highest BCUT2D eigenvalue weighted by molar-refractivity contribution is 6.00. The van der Waals surface area contributed by atoms with Gasteiger partial charge < -0.3 is 5.73 Å². The standard InChI is InChI=1S/C10H19N5O2/c1-6(2)7-13-14(8(11)16)9(17)15(7,12)10(3,4)5/h6H,12H2,1-5H3,(H-,11,16)/p+1. The van der Waals surface area contributed by atoms with Gasteiger partial charge in [-0.3, -0.25) is 0 Å². The van der Waals surface area contributed by atoms with E-state index in [-0.39, 0.29) is 5.92 Å². The molecule has 1 aliphatic rings. The Morgan fingerprint density at radius 2 is 1.88 bits per heavy atom. The maximum absolute atomic E-state index is 12.2. The van der Waals surface area contributed by atoms with Crippen LogP contribution in [0.5, 0.6) is 0 Å². The van der Waals surface area contributed by atoms with Gasteiger partial charge in [0.05, 0.1) is 5.92 Å². The van der Waals surface area contributed by atoms with Crippen LogP contribution in [0.1, 0.15) is 34.6 Å². The van der Waals surface area contributed by atoms with Gasteiger partial charge in [0.2, 0.25) is 0 Å². The van der Waals surface area contributed by atoms with Gasteiger partial charge in [0.1, 0.15) is 5.54 Å². The third-order valence-electron chi connectivity index (χ3n) is 2.83. The van der Waals surface area contributed by atoms with Crippen LogP contribution < -0.4 is 11.6 Å². The molecule has 0 bridgehead atoms. The highest BCUT2D eigenvalue weighted by atomic mass is 16.2. The Bertz CT molecular complexity index is 396. The van der Waals surface area contributed by atoms with Crippen LogP contribution in [-0.4, -0.2) is 33.0 Å². The van der Waals surface area contributed by atoms with Crippen LogP contribution >= 0.6 is 0 Å². The number of urea groups is 2. The first-order valence-electron chi connectivity index (χ1n) is 5.44. The average Bonchev–Trinajstić information content (AvgIpc) is 2.40. The quantitative estimate of drug-likeness (QED) is 0.406. The summed E-state index contributed by atoms with van der Waals surface area (Å²) in [6, 6.07) is -1.53. The fraction of sp³-hybridized carbons (Fsp3) is 0.700. The third kappa shape index (κ3) is 1.81. The Morgan fingerprint density at radius 1 is 1.41 bits per heavy atom. The fourth-order valence-electron chi connectivity index (χ4n) is 1.76. The molecule has 0 fully saturated rings. The Hall–Kier alpha value is -1.47. The molecule has 1 heterocycles. The average molecular weight is 242 g/mol. The predicted molar refractivity (Wildman–Crippen MR) is 63.3 cm³/mol. The number of nitrogens with two attached hydrogens (primary N) is 2. The molecule has 4 amide bonds. The second kappa shape index (κ2) is 3.78. The van der Waals surface area contributed by atoms with Crippen LogP contribution in [-0.2, 0) is 0 Å². The smallest absolute Gasteiger partial charge is 0.349 e. The van der Waals surface area contributed by atoms with Crippen molar-refractivity contribution < 1.29 is 14.2 Å². The lowest BCUT2D eigenvalue weighted by molar-refractivity contribution is -0.823. The van der Waals surface area contributed by atoms with Gasteiger partial charge in [0, 0.05) is 0 Å². The van der Waals surface area contributed by atoms with Crippen LogP contribution in [0.25, 0.3) is 0 Å². The maximum atomic E-state index is 12.2. The summed E-state index contributed by atoms with van der Waals surface area (Å²) in [5.74, 6) is 6.53. The normalized spacial score (nSPS) is 25.5.